The minimum absolute atomic E-state index is 0.745. The van der Waals surface area contributed by atoms with Crippen LogP contribution in [0.25, 0.3) is 0 Å². The fourth-order valence-corrected chi connectivity index (χ4v) is 3.43. The molecule has 0 rings (SSSR count). The molecule has 0 aromatic carbocycles. The van der Waals surface area contributed by atoms with Gasteiger partial charge in [0.1, 0.15) is 0 Å². The van der Waals surface area contributed by atoms with Crippen molar-refractivity contribution in [2.24, 2.45) is 0 Å². The topological polar surface area (TPSA) is 0 Å². The van der Waals surface area contributed by atoms with Crippen LogP contribution in [0.15, 0.2) is 0 Å². The number of unbranched alkanes of at least 4 members (excludes halogenated alkanes) is 3. The van der Waals surface area contributed by atoms with Gasteiger partial charge in [0.05, 0.1) is 0 Å². The molecular formula is C13H27Sn+3. The maximum atomic E-state index is 2.32. The van der Waals surface area contributed by atoms with Crippen LogP contribution < -0.4 is 0 Å². The van der Waals surface area contributed by atoms with Crippen LogP contribution in [0.3, 0.4) is 0 Å². The van der Waals surface area contributed by atoms with Gasteiger partial charge in [-0.3, -0.25) is 0 Å². The fraction of sp³-hybridized carbons (Fsp3) is 1.00. The van der Waals surface area contributed by atoms with Gasteiger partial charge in [0.2, 0.25) is 0 Å². The van der Waals surface area contributed by atoms with Gasteiger partial charge in [-0.25, -0.2) is 0 Å². The van der Waals surface area contributed by atoms with Gasteiger partial charge in [-0.05, 0) is 0 Å². The Morgan fingerprint density at radius 3 is 1.21 bits per heavy atom. The Kier molecular flexibility index (Phi) is 9.57. The van der Waals surface area contributed by atoms with E-state index in [1.165, 1.54) is 57.8 Å². The van der Waals surface area contributed by atoms with Crippen molar-refractivity contribution >= 4 is 22.5 Å². The fourth-order valence-electron chi connectivity index (χ4n) is 1.92. The summed E-state index contributed by atoms with van der Waals surface area (Å²) < 4.78 is 0.745. The van der Waals surface area contributed by atoms with E-state index in [0.717, 1.165) is 3.43 Å². The first-order valence-corrected chi connectivity index (χ1v) is 7.86. The van der Waals surface area contributed by atoms with Crippen molar-refractivity contribution in [1.82, 2.24) is 0 Å². The zero-order valence-electron chi connectivity index (χ0n) is 10.4. The first-order chi connectivity index (χ1) is 6.68. The van der Waals surface area contributed by atoms with E-state index in [4.69, 9.17) is 0 Å². The molecule has 0 unspecified atom stereocenters. The van der Waals surface area contributed by atoms with Gasteiger partial charge in [-0.15, -0.1) is 0 Å². The van der Waals surface area contributed by atoms with E-state index >= 15 is 0 Å². The molecule has 0 aromatic heterocycles. The van der Waals surface area contributed by atoms with Crippen LogP contribution in [0.1, 0.15) is 78.6 Å². The molecule has 0 amide bonds. The van der Waals surface area contributed by atoms with Gasteiger partial charge in [0, 0.05) is 0 Å². The molecule has 0 spiro atoms. The summed E-state index contributed by atoms with van der Waals surface area (Å²) in [6.07, 6.45) is 12.9. The number of hydrogen-bond donors (Lipinski definition) is 0. The van der Waals surface area contributed by atoms with Crippen LogP contribution in [0, 0.1) is 0 Å². The van der Waals surface area contributed by atoms with Crippen molar-refractivity contribution in [3.63, 3.8) is 0 Å². The minimum atomic E-state index is 0.745. The van der Waals surface area contributed by atoms with Crippen molar-refractivity contribution in [2.75, 3.05) is 0 Å². The van der Waals surface area contributed by atoms with E-state index in [1.807, 2.05) is 0 Å². The second kappa shape index (κ2) is 9.06. The molecule has 0 bridgehead atoms. The van der Waals surface area contributed by atoms with Crippen LogP contribution in [0.4, 0.5) is 0 Å². The van der Waals surface area contributed by atoms with E-state index in [9.17, 15) is 0 Å². The van der Waals surface area contributed by atoms with Crippen molar-refractivity contribution in [1.29, 1.82) is 0 Å². The van der Waals surface area contributed by atoms with Crippen LogP contribution in [0.5, 0.6) is 0 Å². The van der Waals surface area contributed by atoms with Gasteiger partial charge in [-0.2, -0.15) is 0 Å². The first-order valence-electron chi connectivity index (χ1n) is 6.43. The third kappa shape index (κ3) is 7.14. The van der Waals surface area contributed by atoms with Gasteiger partial charge < -0.3 is 0 Å². The van der Waals surface area contributed by atoms with Gasteiger partial charge in [0.25, 0.3) is 0 Å². The zero-order chi connectivity index (χ0) is 10.9. The monoisotopic (exact) mass is 303 g/mol. The Morgan fingerprint density at radius 1 is 0.714 bits per heavy atom. The second-order valence-electron chi connectivity index (χ2n) is 4.59. The molecule has 0 heterocycles. The summed E-state index contributed by atoms with van der Waals surface area (Å²) in [5.41, 5.74) is 0. The predicted octanol–water partition coefficient (Wildman–Crippen LogP) is 4.88. The van der Waals surface area contributed by atoms with Crippen molar-refractivity contribution in [3.8, 4) is 0 Å². The van der Waals surface area contributed by atoms with Crippen LogP contribution >= 0.6 is 0 Å². The Balaban J connectivity index is 3.89. The standard InChI is InChI=1S/C13H27.Sn/c1-4-7-10-13(11-8-5-2)12-9-6-3;/h4-12H2,1-3H3;/q;+3. The molecule has 0 saturated carbocycles. The number of hydrogen-bond acceptors (Lipinski definition) is 0. The third-order valence-electron chi connectivity index (χ3n) is 3.03. The molecule has 14 heavy (non-hydrogen) atoms. The summed E-state index contributed by atoms with van der Waals surface area (Å²) in [6.45, 7) is 6.95. The van der Waals surface area contributed by atoms with Gasteiger partial charge in [0.15, 0.2) is 0 Å². The van der Waals surface area contributed by atoms with E-state index in [2.05, 4.69) is 20.8 Å². The summed E-state index contributed by atoms with van der Waals surface area (Å²) in [5.74, 6) is 0. The summed E-state index contributed by atoms with van der Waals surface area (Å²) in [4.78, 5) is 0. The average Bonchev–Trinajstić information content (AvgIpc) is 2.21. The Labute approximate surface area is 104 Å². The van der Waals surface area contributed by atoms with E-state index in [1.54, 1.807) is 22.5 Å². The van der Waals surface area contributed by atoms with Crippen molar-refractivity contribution < 1.29 is 0 Å². The molecule has 0 nitrogen and oxygen atoms in total. The Bertz CT molecular complexity index is 98.6. The summed E-state index contributed by atoms with van der Waals surface area (Å²) in [6, 6.07) is 0. The van der Waals surface area contributed by atoms with Crippen LogP contribution in [-0.2, 0) is 0 Å². The van der Waals surface area contributed by atoms with E-state index in [-0.39, 0.29) is 0 Å². The van der Waals surface area contributed by atoms with E-state index in [0.29, 0.717) is 0 Å². The van der Waals surface area contributed by atoms with Gasteiger partial charge >= 0.3 is 105 Å². The molecule has 0 fully saturated rings. The molecule has 0 radical (unpaired) electrons. The summed E-state index contributed by atoms with van der Waals surface area (Å²) in [7, 11) is 0. The zero-order valence-corrected chi connectivity index (χ0v) is 13.2. The quantitative estimate of drug-likeness (QED) is 0.532. The van der Waals surface area contributed by atoms with Crippen LogP contribution in [0.2, 0.25) is 3.43 Å². The SMILES string of the molecule is CCCC[C]([Sn+3])(CCCC)CCCC. The first kappa shape index (κ1) is 14.8. The molecule has 0 atom stereocenters. The Morgan fingerprint density at radius 2 is 1.00 bits per heavy atom. The van der Waals surface area contributed by atoms with Crippen molar-refractivity contribution in [2.45, 2.75) is 82.0 Å². The molecule has 0 aromatic rings. The Hall–Kier alpha value is 0.799. The average molecular weight is 302 g/mol. The molecule has 1 heteroatoms. The maximum absolute atomic E-state index is 2.32. The third-order valence-corrected chi connectivity index (χ3v) is 5.17. The molecular weight excluding hydrogens is 275 g/mol. The molecule has 0 N–H and O–H groups in total. The van der Waals surface area contributed by atoms with Crippen LogP contribution in [-0.4, -0.2) is 22.5 Å². The van der Waals surface area contributed by atoms with Crippen molar-refractivity contribution in [3.05, 3.63) is 0 Å². The normalized spacial score (nSPS) is 12.1. The number of rotatable bonds is 9. The van der Waals surface area contributed by atoms with Gasteiger partial charge in [-0.1, -0.05) is 0 Å². The molecule has 80 valence electrons. The summed E-state index contributed by atoms with van der Waals surface area (Å²) in [5, 5.41) is 0. The van der Waals surface area contributed by atoms with E-state index < -0.39 is 0 Å². The molecule has 0 aliphatic rings. The molecule has 0 aliphatic heterocycles. The predicted molar refractivity (Wildman–Crippen MR) is 67.0 cm³/mol. The molecule has 0 aliphatic carbocycles. The molecule has 0 saturated heterocycles. The second-order valence-corrected chi connectivity index (χ2v) is 7.62. The summed E-state index contributed by atoms with van der Waals surface area (Å²) >= 11 is 1.80.